The molecule has 0 aliphatic carbocycles. The number of aromatic nitrogens is 1. The maximum Gasteiger partial charge on any atom is 0.315 e. The van der Waals surface area contributed by atoms with Gasteiger partial charge in [-0.1, -0.05) is 38.1 Å². The second-order valence-corrected chi connectivity index (χ2v) is 14.2. The van der Waals surface area contributed by atoms with E-state index in [1.54, 1.807) is 26.2 Å². The van der Waals surface area contributed by atoms with E-state index in [4.69, 9.17) is 23.5 Å². The second-order valence-electron chi connectivity index (χ2n) is 8.55. The molecule has 0 aliphatic rings. The molecule has 0 saturated heterocycles. The SMILES string of the molecule is CCCC(C(=O)OCC)c1cc(-c2ccc(OC)cc2OCOCC[Si](C)(C)C)on1. The van der Waals surface area contributed by atoms with E-state index in [1.165, 1.54) is 0 Å². The minimum absolute atomic E-state index is 0.132. The van der Waals surface area contributed by atoms with E-state index in [0.29, 0.717) is 48.2 Å². The molecule has 0 radical (unpaired) electrons. The zero-order valence-corrected chi connectivity index (χ0v) is 20.5. The van der Waals surface area contributed by atoms with Gasteiger partial charge in [-0.2, -0.15) is 0 Å². The van der Waals surface area contributed by atoms with Gasteiger partial charge in [0.2, 0.25) is 0 Å². The van der Waals surface area contributed by atoms with Crippen LogP contribution in [0.25, 0.3) is 11.3 Å². The number of carbonyl (C=O) groups excluding carboxylic acids is 1. The van der Waals surface area contributed by atoms with Gasteiger partial charge in [0.15, 0.2) is 12.6 Å². The Balaban J connectivity index is 2.19. The Hall–Kier alpha value is -2.32. The smallest absolute Gasteiger partial charge is 0.315 e. The predicted molar refractivity (Wildman–Crippen MR) is 122 cm³/mol. The summed E-state index contributed by atoms with van der Waals surface area (Å²) >= 11 is 0. The van der Waals surface area contributed by atoms with Crippen molar-refractivity contribution in [1.82, 2.24) is 5.16 Å². The van der Waals surface area contributed by atoms with Crippen LogP contribution < -0.4 is 9.47 Å². The predicted octanol–water partition coefficient (Wildman–Crippen LogP) is 5.49. The standard InChI is InChI=1S/C23H35NO6Si/c1-7-9-18(23(25)28-8-2)20-15-22(30-24-20)19-11-10-17(26-3)14-21(19)29-16-27-12-13-31(4,5)6/h10-11,14-15,18H,7-9,12-13,16H2,1-6H3. The lowest BCUT2D eigenvalue weighted by molar-refractivity contribution is -0.145. The Bertz CT molecular complexity index is 830. The van der Waals surface area contributed by atoms with Gasteiger partial charge in [0.25, 0.3) is 0 Å². The van der Waals surface area contributed by atoms with Crippen LogP contribution in [0.2, 0.25) is 25.7 Å². The summed E-state index contributed by atoms with van der Waals surface area (Å²) in [6.07, 6.45) is 1.47. The van der Waals surface area contributed by atoms with Gasteiger partial charge in [0.05, 0.1) is 25.0 Å². The first-order valence-electron chi connectivity index (χ1n) is 10.8. The van der Waals surface area contributed by atoms with Gasteiger partial charge in [0, 0.05) is 26.8 Å². The fourth-order valence-corrected chi connectivity index (χ4v) is 3.75. The van der Waals surface area contributed by atoms with E-state index in [2.05, 4.69) is 24.8 Å². The van der Waals surface area contributed by atoms with Crippen molar-refractivity contribution in [2.45, 2.75) is 58.3 Å². The van der Waals surface area contributed by atoms with Crippen LogP contribution in [0.1, 0.15) is 38.3 Å². The van der Waals surface area contributed by atoms with Crippen molar-refractivity contribution in [1.29, 1.82) is 0 Å². The lowest BCUT2D eigenvalue weighted by Gasteiger charge is -2.16. The third-order valence-corrected chi connectivity index (χ3v) is 6.49. The highest BCUT2D eigenvalue weighted by molar-refractivity contribution is 6.76. The van der Waals surface area contributed by atoms with Crippen molar-refractivity contribution in [2.75, 3.05) is 27.1 Å². The number of nitrogens with zero attached hydrogens (tertiary/aromatic N) is 1. The van der Waals surface area contributed by atoms with Crippen molar-refractivity contribution in [2.24, 2.45) is 0 Å². The molecule has 0 saturated carbocycles. The molecule has 1 atom stereocenters. The molecule has 172 valence electrons. The van der Waals surface area contributed by atoms with Gasteiger partial charge in [-0.3, -0.25) is 4.79 Å². The Morgan fingerprint density at radius 3 is 2.61 bits per heavy atom. The van der Waals surface area contributed by atoms with Crippen LogP contribution in [0, 0.1) is 0 Å². The molecule has 0 fully saturated rings. The molecule has 2 aromatic rings. The molecule has 1 aromatic heterocycles. The van der Waals surface area contributed by atoms with E-state index in [9.17, 15) is 4.79 Å². The van der Waals surface area contributed by atoms with Crippen molar-refractivity contribution in [3.05, 3.63) is 30.0 Å². The first-order chi connectivity index (χ1) is 14.8. The first-order valence-corrected chi connectivity index (χ1v) is 14.5. The van der Waals surface area contributed by atoms with Crippen molar-refractivity contribution in [3.63, 3.8) is 0 Å². The summed E-state index contributed by atoms with van der Waals surface area (Å²) < 4.78 is 27.7. The molecular weight excluding hydrogens is 414 g/mol. The number of carbonyl (C=O) groups is 1. The molecule has 0 N–H and O–H groups in total. The number of methoxy groups -OCH3 is 1. The molecule has 7 nitrogen and oxygen atoms in total. The van der Waals surface area contributed by atoms with Gasteiger partial charge in [0.1, 0.15) is 17.4 Å². The Labute approximate surface area is 186 Å². The van der Waals surface area contributed by atoms with Gasteiger partial charge in [-0.15, -0.1) is 0 Å². The quantitative estimate of drug-likeness (QED) is 0.173. The van der Waals surface area contributed by atoms with Crippen LogP contribution in [0.15, 0.2) is 28.8 Å². The summed E-state index contributed by atoms with van der Waals surface area (Å²) in [6, 6.07) is 8.30. The summed E-state index contributed by atoms with van der Waals surface area (Å²) in [5.41, 5.74) is 1.27. The maximum atomic E-state index is 12.3. The van der Waals surface area contributed by atoms with E-state index in [-0.39, 0.29) is 12.8 Å². The van der Waals surface area contributed by atoms with Gasteiger partial charge >= 0.3 is 5.97 Å². The molecule has 1 unspecified atom stereocenters. The highest BCUT2D eigenvalue weighted by atomic mass is 28.3. The van der Waals surface area contributed by atoms with Crippen LogP contribution in [0.5, 0.6) is 11.5 Å². The third kappa shape index (κ3) is 7.70. The molecule has 1 aromatic carbocycles. The fourth-order valence-electron chi connectivity index (χ4n) is 2.99. The summed E-state index contributed by atoms with van der Waals surface area (Å²) in [5, 5.41) is 4.15. The largest absolute Gasteiger partial charge is 0.497 e. The Kier molecular flexibility index (Phi) is 9.58. The van der Waals surface area contributed by atoms with Crippen LogP contribution >= 0.6 is 0 Å². The fraction of sp³-hybridized carbons (Fsp3) is 0.565. The summed E-state index contributed by atoms with van der Waals surface area (Å²) in [5.74, 6) is 1.01. The van der Waals surface area contributed by atoms with Gasteiger partial charge in [-0.05, 0) is 31.5 Å². The average molecular weight is 450 g/mol. The van der Waals surface area contributed by atoms with Crippen molar-refractivity contribution < 1.29 is 28.3 Å². The monoisotopic (exact) mass is 449 g/mol. The molecule has 0 amide bonds. The molecule has 0 aliphatic heterocycles. The van der Waals surface area contributed by atoms with Crippen LogP contribution in [-0.4, -0.2) is 46.3 Å². The minimum atomic E-state index is -1.16. The zero-order chi connectivity index (χ0) is 22.9. The molecular formula is C23H35NO6Si. The Morgan fingerprint density at radius 1 is 1.19 bits per heavy atom. The number of esters is 1. The van der Waals surface area contributed by atoms with Crippen molar-refractivity contribution >= 4 is 14.0 Å². The molecule has 31 heavy (non-hydrogen) atoms. The van der Waals surface area contributed by atoms with Crippen LogP contribution in [-0.2, 0) is 14.3 Å². The Morgan fingerprint density at radius 2 is 1.97 bits per heavy atom. The number of hydrogen-bond acceptors (Lipinski definition) is 7. The molecule has 8 heteroatoms. The molecule has 1 heterocycles. The molecule has 0 spiro atoms. The lowest BCUT2D eigenvalue weighted by atomic mass is 9.99. The summed E-state index contributed by atoms with van der Waals surface area (Å²) in [6.45, 7) is 11.9. The maximum absolute atomic E-state index is 12.3. The van der Waals surface area contributed by atoms with Crippen LogP contribution in [0.4, 0.5) is 0 Å². The van der Waals surface area contributed by atoms with E-state index in [1.807, 2.05) is 19.1 Å². The number of benzene rings is 1. The highest BCUT2D eigenvalue weighted by Gasteiger charge is 2.26. The minimum Gasteiger partial charge on any atom is -0.497 e. The zero-order valence-electron chi connectivity index (χ0n) is 19.5. The summed E-state index contributed by atoms with van der Waals surface area (Å²) in [4.78, 5) is 12.3. The topological polar surface area (TPSA) is 80.0 Å². The number of hydrogen-bond donors (Lipinski definition) is 0. The van der Waals surface area contributed by atoms with E-state index in [0.717, 1.165) is 12.5 Å². The first kappa shape index (κ1) is 24.9. The lowest BCUT2D eigenvalue weighted by Crippen LogP contribution is -2.22. The molecule has 0 bridgehead atoms. The summed E-state index contributed by atoms with van der Waals surface area (Å²) in [7, 11) is 0.445. The number of ether oxygens (including phenoxy) is 4. The number of rotatable bonds is 13. The van der Waals surface area contributed by atoms with Crippen molar-refractivity contribution in [3.8, 4) is 22.8 Å². The van der Waals surface area contributed by atoms with Gasteiger partial charge < -0.3 is 23.5 Å². The van der Waals surface area contributed by atoms with E-state index >= 15 is 0 Å². The molecule has 2 rings (SSSR count). The highest BCUT2D eigenvalue weighted by Crippen LogP contribution is 2.35. The average Bonchev–Trinajstić information content (AvgIpc) is 3.20. The van der Waals surface area contributed by atoms with Gasteiger partial charge in [-0.25, -0.2) is 0 Å². The van der Waals surface area contributed by atoms with Crippen LogP contribution in [0.3, 0.4) is 0 Å². The third-order valence-electron chi connectivity index (χ3n) is 4.78. The van der Waals surface area contributed by atoms with E-state index < -0.39 is 14.0 Å². The second kappa shape index (κ2) is 11.9. The normalized spacial score (nSPS) is 12.5.